The summed E-state index contributed by atoms with van der Waals surface area (Å²) in [4.78, 5) is 4.99. The van der Waals surface area contributed by atoms with Crippen molar-refractivity contribution in [3.63, 3.8) is 0 Å². The summed E-state index contributed by atoms with van der Waals surface area (Å²) < 4.78 is 8.30. The first-order valence-electron chi connectivity index (χ1n) is 6.97. The molecule has 1 heterocycles. The molecule has 0 atom stereocenters. The van der Waals surface area contributed by atoms with Crippen LogP contribution in [0.1, 0.15) is 4.88 Å². The van der Waals surface area contributed by atoms with Gasteiger partial charge in [-0.15, -0.1) is 0 Å². The largest absolute Gasteiger partial charge is 0.497 e. The minimum Gasteiger partial charge on any atom is -0.497 e. The van der Waals surface area contributed by atoms with E-state index in [2.05, 4.69) is 20.9 Å². The maximum atomic E-state index is 10.5. The third-order valence-electron chi connectivity index (χ3n) is 3.30. The second kappa shape index (κ2) is 7.29. The molecule has 3 aromatic rings. The number of halogens is 1. The van der Waals surface area contributed by atoms with Crippen LogP contribution in [0.3, 0.4) is 0 Å². The SMILES string of the molecule is COc1ccc(-n2c(O)c(C=Nc3ccc(Br)cc3)sc2=S)cc1. The van der Waals surface area contributed by atoms with Crippen molar-refractivity contribution in [3.05, 3.63) is 61.8 Å². The van der Waals surface area contributed by atoms with Crippen LogP contribution in [0, 0.1) is 3.95 Å². The summed E-state index contributed by atoms with van der Waals surface area (Å²) in [6.07, 6.45) is 1.62. The van der Waals surface area contributed by atoms with Gasteiger partial charge in [0.1, 0.15) is 10.6 Å². The van der Waals surface area contributed by atoms with Gasteiger partial charge >= 0.3 is 0 Å². The Balaban J connectivity index is 1.93. The Hall–Kier alpha value is -1.96. The number of hydrogen-bond donors (Lipinski definition) is 1. The summed E-state index contributed by atoms with van der Waals surface area (Å²) in [5, 5.41) is 10.5. The van der Waals surface area contributed by atoms with E-state index in [1.165, 1.54) is 11.3 Å². The Labute approximate surface area is 156 Å². The topological polar surface area (TPSA) is 46.8 Å². The predicted octanol–water partition coefficient (Wildman–Crippen LogP) is 5.50. The van der Waals surface area contributed by atoms with Crippen LogP contribution in [0.4, 0.5) is 5.69 Å². The van der Waals surface area contributed by atoms with E-state index < -0.39 is 0 Å². The molecule has 0 saturated carbocycles. The molecule has 0 unspecified atom stereocenters. The number of aromatic nitrogens is 1. The van der Waals surface area contributed by atoms with Gasteiger partial charge in [0.05, 0.1) is 24.7 Å². The zero-order valence-electron chi connectivity index (χ0n) is 12.6. The van der Waals surface area contributed by atoms with Gasteiger partial charge in [0, 0.05) is 4.47 Å². The third kappa shape index (κ3) is 3.58. The number of benzene rings is 2. The van der Waals surface area contributed by atoms with E-state index in [0.717, 1.165) is 21.6 Å². The molecular weight excluding hydrogens is 408 g/mol. The number of aliphatic imine (C=N–C) groups is 1. The lowest BCUT2D eigenvalue weighted by Crippen LogP contribution is -1.93. The minimum atomic E-state index is 0.0797. The molecular formula is C17H13BrN2O2S2. The molecule has 0 spiro atoms. The fourth-order valence-electron chi connectivity index (χ4n) is 2.09. The van der Waals surface area contributed by atoms with Crippen molar-refractivity contribution in [2.24, 2.45) is 4.99 Å². The van der Waals surface area contributed by atoms with Crippen molar-refractivity contribution in [2.75, 3.05) is 7.11 Å². The van der Waals surface area contributed by atoms with Crippen LogP contribution in [-0.2, 0) is 0 Å². The first kappa shape index (κ1) is 16.9. The molecule has 0 saturated heterocycles. The van der Waals surface area contributed by atoms with Gasteiger partial charge in [0.2, 0.25) is 5.88 Å². The molecule has 0 radical (unpaired) electrons. The summed E-state index contributed by atoms with van der Waals surface area (Å²) in [6, 6.07) is 14.9. The standard InChI is InChI=1S/C17H13BrN2O2S2/c1-22-14-8-6-13(7-9-14)20-16(21)15(24-17(20)23)10-19-12-4-2-11(18)3-5-12/h2-10,21H,1H3. The van der Waals surface area contributed by atoms with E-state index in [4.69, 9.17) is 17.0 Å². The molecule has 3 rings (SSSR count). The van der Waals surface area contributed by atoms with E-state index in [1.807, 2.05) is 48.5 Å². The first-order valence-corrected chi connectivity index (χ1v) is 8.99. The zero-order chi connectivity index (χ0) is 17.1. The summed E-state index contributed by atoms with van der Waals surface area (Å²) in [6.45, 7) is 0. The van der Waals surface area contributed by atoms with Crippen molar-refractivity contribution in [3.8, 4) is 17.3 Å². The molecule has 1 N–H and O–H groups in total. The van der Waals surface area contributed by atoms with E-state index in [9.17, 15) is 5.11 Å². The van der Waals surface area contributed by atoms with Gasteiger partial charge in [-0.1, -0.05) is 27.3 Å². The Morgan fingerprint density at radius 1 is 1.17 bits per heavy atom. The van der Waals surface area contributed by atoms with Gasteiger partial charge in [-0.25, -0.2) is 0 Å². The number of rotatable bonds is 4. The van der Waals surface area contributed by atoms with Crippen molar-refractivity contribution in [1.29, 1.82) is 0 Å². The molecule has 24 heavy (non-hydrogen) atoms. The van der Waals surface area contributed by atoms with E-state index >= 15 is 0 Å². The maximum absolute atomic E-state index is 10.5. The van der Waals surface area contributed by atoms with Crippen LogP contribution in [0.25, 0.3) is 5.69 Å². The number of hydrogen-bond acceptors (Lipinski definition) is 5. The number of thiazole rings is 1. The molecule has 4 nitrogen and oxygen atoms in total. The summed E-state index contributed by atoms with van der Waals surface area (Å²) in [5.41, 5.74) is 1.57. The van der Waals surface area contributed by atoms with Gasteiger partial charge in [0.15, 0.2) is 3.95 Å². The molecule has 1 aromatic heterocycles. The van der Waals surface area contributed by atoms with Gasteiger partial charge in [-0.05, 0) is 60.7 Å². The summed E-state index contributed by atoms with van der Waals surface area (Å²) in [7, 11) is 1.61. The highest BCUT2D eigenvalue weighted by Crippen LogP contribution is 2.29. The number of nitrogens with zero attached hydrogens (tertiary/aromatic N) is 2. The Morgan fingerprint density at radius 3 is 2.46 bits per heavy atom. The average Bonchev–Trinajstić information content (AvgIpc) is 2.88. The summed E-state index contributed by atoms with van der Waals surface area (Å²) in [5.74, 6) is 0.827. The van der Waals surface area contributed by atoms with Gasteiger partial charge in [-0.3, -0.25) is 9.56 Å². The fourth-order valence-corrected chi connectivity index (χ4v) is 3.57. The number of methoxy groups -OCH3 is 1. The van der Waals surface area contributed by atoms with Crippen molar-refractivity contribution < 1.29 is 9.84 Å². The molecule has 122 valence electrons. The van der Waals surface area contributed by atoms with Crippen LogP contribution in [0.2, 0.25) is 0 Å². The normalized spacial score (nSPS) is 11.1. The lowest BCUT2D eigenvalue weighted by atomic mass is 10.3. The van der Waals surface area contributed by atoms with Gasteiger partial charge in [0.25, 0.3) is 0 Å². The molecule has 0 amide bonds. The van der Waals surface area contributed by atoms with Crippen LogP contribution in [0.5, 0.6) is 11.6 Å². The smallest absolute Gasteiger partial charge is 0.216 e. The Morgan fingerprint density at radius 2 is 1.83 bits per heavy atom. The highest BCUT2D eigenvalue weighted by Gasteiger charge is 2.12. The highest BCUT2D eigenvalue weighted by molar-refractivity contribution is 9.10. The maximum Gasteiger partial charge on any atom is 0.216 e. The third-order valence-corrected chi connectivity index (χ3v) is 5.13. The van der Waals surface area contributed by atoms with Crippen molar-refractivity contribution in [2.45, 2.75) is 0 Å². The van der Waals surface area contributed by atoms with Gasteiger partial charge in [-0.2, -0.15) is 0 Å². The molecule has 0 fully saturated rings. The second-order valence-corrected chi connectivity index (χ2v) is 7.42. The highest BCUT2D eigenvalue weighted by atomic mass is 79.9. The van der Waals surface area contributed by atoms with E-state index in [-0.39, 0.29) is 5.88 Å². The van der Waals surface area contributed by atoms with Crippen LogP contribution >= 0.6 is 39.5 Å². The van der Waals surface area contributed by atoms with Crippen LogP contribution in [-0.4, -0.2) is 23.0 Å². The second-order valence-electron chi connectivity index (χ2n) is 4.82. The van der Waals surface area contributed by atoms with E-state index in [1.54, 1.807) is 17.9 Å². The number of ether oxygens (including phenoxy) is 1. The number of aromatic hydroxyl groups is 1. The molecule has 0 aliphatic rings. The average molecular weight is 421 g/mol. The fraction of sp³-hybridized carbons (Fsp3) is 0.0588. The predicted molar refractivity (Wildman–Crippen MR) is 104 cm³/mol. The zero-order valence-corrected chi connectivity index (χ0v) is 15.9. The molecule has 2 aromatic carbocycles. The molecule has 0 bridgehead atoms. The Bertz CT molecular complexity index is 929. The molecule has 0 aliphatic heterocycles. The quantitative estimate of drug-likeness (QED) is 0.447. The monoisotopic (exact) mass is 420 g/mol. The summed E-state index contributed by atoms with van der Waals surface area (Å²) >= 11 is 10.1. The van der Waals surface area contributed by atoms with Crippen LogP contribution in [0.15, 0.2) is 58.0 Å². The molecule has 0 aliphatic carbocycles. The van der Waals surface area contributed by atoms with Crippen molar-refractivity contribution in [1.82, 2.24) is 4.57 Å². The lowest BCUT2D eigenvalue weighted by Gasteiger charge is -2.05. The van der Waals surface area contributed by atoms with Gasteiger partial charge < -0.3 is 9.84 Å². The van der Waals surface area contributed by atoms with E-state index in [0.29, 0.717) is 8.83 Å². The minimum absolute atomic E-state index is 0.0797. The molecule has 7 heteroatoms. The Kier molecular flexibility index (Phi) is 5.13. The van der Waals surface area contributed by atoms with Crippen molar-refractivity contribution >= 4 is 51.4 Å². The van der Waals surface area contributed by atoms with Crippen LogP contribution < -0.4 is 4.74 Å². The lowest BCUT2D eigenvalue weighted by molar-refractivity contribution is 0.414. The first-order chi connectivity index (χ1) is 11.6.